The van der Waals surface area contributed by atoms with Crippen molar-refractivity contribution in [2.24, 2.45) is 12.0 Å². The number of guanidine groups is 1. The Morgan fingerprint density at radius 3 is 3.00 bits per heavy atom. The number of aryl methyl sites for hydroxylation is 2. The Kier molecular flexibility index (Phi) is 6.61. The van der Waals surface area contributed by atoms with Gasteiger partial charge in [-0.15, -0.1) is 0 Å². The molecule has 1 aliphatic rings. The first-order valence-electron chi connectivity index (χ1n) is 8.25. The molecule has 0 saturated carbocycles. The van der Waals surface area contributed by atoms with Gasteiger partial charge in [0.15, 0.2) is 5.96 Å². The minimum atomic E-state index is 0.331. The van der Waals surface area contributed by atoms with Crippen molar-refractivity contribution in [2.45, 2.75) is 44.3 Å². The first-order chi connectivity index (χ1) is 10.6. The fourth-order valence-corrected chi connectivity index (χ4v) is 3.88. The van der Waals surface area contributed by atoms with Gasteiger partial charge in [-0.2, -0.15) is 16.9 Å². The van der Waals surface area contributed by atoms with Crippen LogP contribution in [0.2, 0.25) is 0 Å². The molecule has 2 N–H and O–H groups in total. The highest BCUT2D eigenvalue weighted by Gasteiger charge is 2.29. The summed E-state index contributed by atoms with van der Waals surface area (Å²) in [6.45, 7) is 7.18. The topological polar surface area (TPSA) is 54.2 Å². The molecule has 0 amide bonds. The van der Waals surface area contributed by atoms with E-state index in [1.54, 1.807) is 0 Å². The Labute approximate surface area is 138 Å². The monoisotopic (exact) mass is 323 g/mol. The summed E-state index contributed by atoms with van der Waals surface area (Å²) in [5.74, 6) is 2.23. The Balaban J connectivity index is 1.73. The van der Waals surface area contributed by atoms with Gasteiger partial charge in [0.1, 0.15) is 0 Å². The number of rotatable bonds is 7. The maximum Gasteiger partial charge on any atom is 0.191 e. The molecule has 5 nitrogen and oxygen atoms in total. The quantitative estimate of drug-likeness (QED) is 0.459. The molecule has 1 fully saturated rings. The van der Waals surface area contributed by atoms with Gasteiger partial charge in [0.25, 0.3) is 0 Å². The van der Waals surface area contributed by atoms with Crippen LogP contribution in [-0.2, 0) is 13.5 Å². The average molecular weight is 324 g/mol. The molecule has 1 aromatic rings. The molecule has 0 bridgehead atoms. The summed E-state index contributed by atoms with van der Waals surface area (Å²) in [5.41, 5.74) is 1.29. The highest BCUT2D eigenvalue weighted by Crippen LogP contribution is 2.37. The number of hydrogen-bond donors (Lipinski definition) is 2. The molecular formula is C16H29N5S. The lowest BCUT2D eigenvalue weighted by Crippen LogP contribution is -2.39. The summed E-state index contributed by atoms with van der Waals surface area (Å²) in [7, 11) is 1.96. The molecule has 2 heterocycles. The SMILES string of the molecule is CCNC(=NCC1(C)CCCS1)NCCCc1cnn(C)c1. The number of aliphatic imine (C=N–C) groups is 1. The van der Waals surface area contributed by atoms with Crippen LogP contribution in [0.15, 0.2) is 17.4 Å². The minimum Gasteiger partial charge on any atom is -0.357 e. The van der Waals surface area contributed by atoms with Crippen LogP contribution >= 0.6 is 11.8 Å². The van der Waals surface area contributed by atoms with Crippen molar-refractivity contribution in [3.63, 3.8) is 0 Å². The smallest absolute Gasteiger partial charge is 0.191 e. The van der Waals surface area contributed by atoms with Crippen LogP contribution in [0.5, 0.6) is 0 Å². The first-order valence-corrected chi connectivity index (χ1v) is 9.23. The highest BCUT2D eigenvalue weighted by molar-refractivity contribution is 8.00. The molecule has 1 saturated heterocycles. The molecule has 1 atom stereocenters. The Morgan fingerprint density at radius 2 is 2.36 bits per heavy atom. The van der Waals surface area contributed by atoms with E-state index in [4.69, 9.17) is 4.99 Å². The molecule has 22 heavy (non-hydrogen) atoms. The summed E-state index contributed by atoms with van der Waals surface area (Å²) < 4.78 is 2.19. The second kappa shape index (κ2) is 8.46. The first kappa shape index (κ1) is 17.2. The van der Waals surface area contributed by atoms with Crippen molar-refractivity contribution in [2.75, 3.05) is 25.4 Å². The van der Waals surface area contributed by atoms with Gasteiger partial charge in [-0.1, -0.05) is 0 Å². The fourth-order valence-electron chi connectivity index (χ4n) is 2.65. The van der Waals surface area contributed by atoms with E-state index < -0.39 is 0 Å². The van der Waals surface area contributed by atoms with Crippen LogP contribution in [0.25, 0.3) is 0 Å². The van der Waals surface area contributed by atoms with Crippen LogP contribution in [0, 0.1) is 0 Å². The third-order valence-corrected chi connectivity index (χ3v) is 5.43. The van der Waals surface area contributed by atoms with E-state index in [1.807, 2.05) is 17.9 Å². The van der Waals surface area contributed by atoms with Gasteiger partial charge in [-0.25, -0.2) is 0 Å². The van der Waals surface area contributed by atoms with Crippen LogP contribution < -0.4 is 10.6 Å². The van der Waals surface area contributed by atoms with E-state index in [-0.39, 0.29) is 0 Å². The lowest BCUT2D eigenvalue weighted by atomic mass is 10.1. The third-order valence-electron chi connectivity index (χ3n) is 3.91. The predicted molar refractivity (Wildman–Crippen MR) is 95.6 cm³/mol. The van der Waals surface area contributed by atoms with Crippen molar-refractivity contribution in [3.05, 3.63) is 18.0 Å². The largest absolute Gasteiger partial charge is 0.357 e. The molecular weight excluding hydrogens is 294 g/mol. The summed E-state index contributed by atoms with van der Waals surface area (Å²) in [4.78, 5) is 4.77. The summed E-state index contributed by atoms with van der Waals surface area (Å²) >= 11 is 2.06. The van der Waals surface area contributed by atoms with E-state index in [0.717, 1.165) is 38.4 Å². The summed E-state index contributed by atoms with van der Waals surface area (Å²) in [6.07, 6.45) is 8.76. The Morgan fingerprint density at radius 1 is 1.50 bits per heavy atom. The fraction of sp³-hybridized carbons (Fsp3) is 0.750. The second-order valence-corrected chi connectivity index (χ2v) is 7.83. The van der Waals surface area contributed by atoms with Crippen molar-refractivity contribution in [1.82, 2.24) is 20.4 Å². The molecule has 6 heteroatoms. The maximum atomic E-state index is 4.77. The second-order valence-electron chi connectivity index (χ2n) is 6.15. The molecule has 124 valence electrons. The third kappa shape index (κ3) is 5.55. The molecule has 0 aromatic carbocycles. The van der Waals surface area contributed by atoms with Crippen LogP contribution in [-0.4, -0.2) is 45.9 Å². The van der Waals surface area contributed by atoms with Crippen LogP contribution in [0.1, 0.15) is 38.7 Å². The molecule has 1 aliphatic heterocycles. The number of aromatic nitrogens is 2. The zero-order chi connectivity index (χ0) is 15.8. The van der Waals surface area contributed by atoms with Gasteiger partial charge in [-0.05, 0) is 50.8 Å². The lowest BCUT2D eigenvalue weighted by molar-refractivity contribution is 0.614. The summed E-state index contributed by atoms with van der Waals surface area (Å²) in [6, 6.07) is 0. The van der Waals surface area contributed by atoms with E-state index in [0.29, 0.717) is 4.75 Å². The number of nitrogens with one attached hydrogen (secondary N) is 2. The van der Waals surface area contributed by atoms with Crippen molar-refractivity contribution in [3.8, 4) is 0 Å². The summed E-state index contributed by atoms with van der Waals surface area (Å²) in [5, 5.41) is 11.0. The van der Waals surface area contributed by atoms with Gasteiger partial charge in [-0.3, -0.25) is 9.67 Å². The predicted octanol–water partition coefficient (Wildman–Crippen LogP) is 2.19. The maximum absolute atomic E-state index is 4.77. The Hall–Kier alpha value is -1.17. The number of nitrogens with zero attached hydrogens (tertiary/aromatic N) is 3. The highest BCUT2D eigenvalue weighted by atomic mass is 32.2. The molecule has 1 unspecified atom stereocenters. The van der Waals surface area contributed by atoms with Crippen molar-refractivity contribution in [1.29, 1.82) is 0 Å². The molecule has 2 rings (SSSR count). The zero-order valence-corrected chi connectivity index (χ0v) is 14.9. The lowest BCUT2D eigenvalue weighted by Gasteiger charge is -2.21. The normalized spacial score (nSPS) is 22.0. The number of hydrogen-bond acceptors (Lipinski definition) is 3. The zero-order valence-electron chi connectivity index (χ0n) is 14.1. The van der Waals surface area contributed by atoms with E-state index in [2.05, 4.69) is 47.5 Å². The van der Waals surface area contributed by atoms with E-state index >= 15 is 0 Å². The Bertz CT molecular complexity index is 477. The average Bonchev–Trinajstić information content (AvgIpc) is 3.10. The van der Waals surface area contributed by atoms with Gasteiger partial charge in [0.05, 0.1) is 12.7 Å². The van der Waals surface area contributed by atoms with Gasteiger partial charge in [0.2, 0.25) is 0 Å². The standard InChI is InChI=1S/C16H29N5S/c1-4-17-15(19-13-16(2)8-6-10-22-16)18-9-5-7-14-11-20-21(3)12-14/h11-12H,4-10,13H2,1-3H3,(H2,17,18,19). The molecule has 1 aromatic heterocycles. The van der Waals surface area contributed by atoms with Crippen LogP contribution in [0.3, 0.4) is 0 Å². The minimum absolute atomic E-state index is 0.331. The van der Waals surface area contributed by atoms with Gasteiger partial charge < -0.3 is 10.6 Å². The van der Waals surface area contributed by atoms with E-state index in [9.17, 15) is 0 Å². The van der Waals surface area contributed by atoms with E-state index in [1.165, 1.54) is 24.2 Å². The number of thioether (sulfide) groups is 1. The molecule has 0 aliphatic carbocycles. The van der Waals surface area contributed by atoms with Gasteiger partial charge >= 0.3 is 0 Å². The van der Waals surface area contributed by atoms with Crippen LogP contribution in [0.4, 0.5) is 0 Å². The van der Waals surface area contributed by atoms with Crippen molar-refractivity contribution >= 4 is 17.7 Å². The molecule has 0 radical (unpaired) electrons. The molecule has 0 spiro atoms. The van der Waals surface area contributed by atoms with Crippen molar-refractivity contribution < 1.29 is 0 Å². The van der Waals surface area contributed by atoms with Gasteiger partial charge in [0, 0.05) is 31.1 Å².